The van der Waals surface area contributed by atoms with Gasteiger partial charge in [-0.2, -0.15) is 10.2 Å². The summed E-state index contributed by atoms with van der Waals surface area (Å²) in [4.78, 5) is 12.9. The molecule has 1 aromatic carbocycles. The molecule has 0 spiro atoms. The lowest BCUT2D eigenvalue weighted by Gasteiger charge is -2.03. The molecule has 134 valence electrons. The van der Waals surface area contributed by atoms with Gasteiger partial charge in [-0.3, -0.25) is 4.79 Å². The first-order chi connectivity index (χ1) is 12.5. The van der Waals surface area contributed by atoms with Gasteiger partial charge in [0.2, 0.25) is 5.91 Å². The van der Waals surface area contributed by atoms with E-state index in [1.165, 1.54) is 17.6 Å². The number of carbonyl (C=O) groups is 1. The Morgan fingerprint density at radius 1 is 1.31 bits per heavy atom. The Labute approximate surface area is 165 Å². The first kappa shape index (κ1) is 18.6. The normalized spacial score (nSPS) is 11.2. The fraction of sp³-hybridized carbons (Fsp3) is 0.167. The van der Waals surface area contributed by atoms with Crippen LogP contribution < -0.4 is 5.43 Å². The molecule has 26 heavy (non-hydrogen) atoms. The summed E-state index contributed by atoms with van der Waals surface area (Å²) in [6.45, 7) is 2.37. The molecule has 0 bridgehead atoms. The van der Waals surface area contributed by atoms with E-state index in [-0.39, 0.29) is 5.91 Å². The Morgan fingerprint density at radius 2 is 2.08 bits per heavy atom. The second-order valence-electron chi connectivity index (χ2n) is 5.62. The van der Waals surface area contributed by atoms with E-state index < -0.39 is 0 Å². The number of nitrogens with one attached hydrogen (secondary N) is 1. The van der Waals surface area contributed by atoms with Crippen molar-refractivity contribution in [1.29, 1.82) is 0 Å². The summed E-state index contributed by atoms with van der Waals surface area (Å²) in [5.74, 6) is -0.175. The first-order valence-corrected chi connectivity index (χ1v) is 9.48. The summed E-state index contributed by atoms with van der Waals surface area (Å²) in [7, 11) is 0. The van der Waals surface area contributed by atoms with Crippen molar-refractivity contribution in [2.45, 2.75) is 19.9 Å². The van der Waals surface area contributed by atoms with Gasteiger partial charge in [-0.1, -0.05) is 41.4 Å². The number of nitrogens with zero attached hydrogens (tertiary/aromatic N) is 3. The molecule has 2 heterocycles. The molecule has 0 saturated heterocycles. The van der Waals surface area contributed by atoms with Crippen LogP contribution in [0.4, 0.5) is 0 Å². The minimum atomic E-state index is -0.175. The summed E-state index contributed by atoms with van der Waals surface area (Å²) in [5, 5.41) is 11.5. The van der Waals surface area contributed by atoms with E-state index in [0.717, 1.165) is 16.1 Å². The largest absolute Gasteiger partial charge is 0.273 e. The average molecular weight is 407 g/mol. The maximum Gasteiger partial charge on any atom is 0.245 e. The van der Waals surface area contributed by atoms with Gasteiger partial charge in [0, 0.05) is 9.90 Å². The SMILES string of the molecule is Cc1nn(Cc2ccc(Cl)cc2)c(Cl)c1/C=N\NC(=O)Cc1cccs1. The zero-order chi connectivity index (χ0) is 18.5. The van der Waals surface area contributed by atoms with E-state index in [2.05, 4.69) is 15.6 Å². The molecule has 0 unspecified atom stereocenters. The molecule has 0 radical (unpaired) electrons. The third-order valence-corrected chi connectivity index (χ3v) is 5.18. The third kappa shape index (κ3) is 4.72. The highest BCUT2D eigenvalue weighted by Crippen LogP contribution is 2.20. The molecule has 0 aliphatic heterocycles. The van der Waals surface area contributed by atoms with Gasteiger partial charge < -0.3 is 0 Å². The van der Waals surface area contributed by atoms with Crippen LogP contribution in [0.3, 0.4) is 0 Å². The van der Waals surface area contributed by atoms with Crippen molar-refractivity contribution in [3.63, 3.8) is 0 Å². The molecule has 0 atom stereocenters. The highest BCUT2D eigenvalue weighted by Gasteiger charge is 2.12. The summed E-state index contributed by atoms with van der Waals surface area (Å²) in [5.41, 5.74) is 4.96. The fourth-order valence-electron chi connectivity index (χ4n) is 2.36. The van der Waals surface area contributed by atoms with Gasteiger partial charge in [0.1, 0.15) is 5.15 Å². The first-order valence-electron chi connectivity index (χ1n) is 7.84. The molecule has 0 saturated carbocycles. The molecular formula is C18H16Cl2N4OS. The minimum Gasteiger partial charge on any atom is -0.273 e. The number of rotatable bonds is 6. The predicted molar refractivity (Wildman–Crippen MR) is 106 cm³/mol. The number of aromatic nitrogens is 2. The van der Waals surface area contributed by atoms with Crippen LogP contribution in [0.5, 0.6) is 0 Å². The maximum absolute atomic E-state index is 11.9. The Morgan fingerprint density at radius 3 is 2.77 bits per heavy atom. The van der Waals surface area contributed by atoms with Crippen LogP contribution in [0.1, 0.15) is 21.7 Å². The van der Waals surface area contributed by atoms with Crippen LogP contribution in [0.2, 0.25) is 10.2 Å². The summed E-state index contributed by atoms with van der Waals surface area (Å²) < 4.78 is 1.69. The van der Waals surface area contributed by atoms with Crippen LogP contribution in [-0.2, 0) is 17.8 Å². The van der Waals surface area contributed by atoms with Crippen molar-refractivity contribution in [1.82, 2.24) is 15.2 Å². The standard InChI is InChI=1S/C18H16Cl2N4OS/c1-12-16(10-21-22-17(25)9-15-3-2-8-26-15)18(20)24(23-12)11-13-4-6-14(19)7-5-13/h2-8,10H,9,11H2,1H3,(H,22,25)/b21-10-. The van der Waals surface area contributed by atoms with Gasteiger partial charge in [0.05, 0.1) is 30.4 Å². The molecule has 5 nitrogen and oxygen atoms in total. The van der Waals surface area contributed by atoms with Crippen molar-refractivity contribution in [3.8, 4) is 0 Å². The summed E-state index contributed by atoms with van der Waals surface area (Å²) in [6.07, 6.45) is 1.83. The van der Waals surface area contributed by atoms with Crippen molar-refractivity contribution in [2.75, 3.05) is 0 Å². The van der Waals surface area contributed by atoms with E-state index in [9.17, 15) is 4.79 Å². The predicted octanol–water partition coefficient (Wildman–Crippen LogP) is 4.30. The van der Waals surface area contributed by atoms with E-state index in [4.69, 9.17) is 23.2 Å². The van der Waals surface area contributed by atoms with Gasteiger partial charge in [-0.25, -0.2) is 10.1 Å². The highest BCUT2D eigenvalue weighted by atomic mass is 35.5. The number of thiophene rings is 1. The molecular weight excluding hydrogens is 391 g/mol. The topological polar surface area (TPSA) is 59.3 Å². The smallest absolute Gasteiger partial charge is 0.245 e. The number of halogens is 2. The molecule has 1 amide bonds. The Balaban J connectivity index is 1.65. The van der Waals surface area contributed by atoms with Gasteiger partial charge in [0.15, 0.2) is 0 Å². The Bertz CT molecular complexity index is 918. The minimum absolute atomic E-state index is 0.175. The van der Waals surface area contributed by atoms with Crippen LogP contribution in [0.15, 0.2) is 46.9 Å². The summed E-state index contributed by atoms with van der Waals surface area (Å²) >= 11 is 13.9. The summed E-state index contributed by atoms with van der Waals surface area (Å²) in [6, 6.07) is 11.3. The van der Waals surface area contributed by atoms with Crippen LogP contribution in [0, 0.1) is 6.92 Å². The van der Waals surface area contributed by atoms with Crippen molar-refractivity contribution in [3.05, 3.63) is 73.7 Å². The highest BCUT2D eigenvalue weighted by molar-refractivity contribution is 7.10. The second-order valence-corrected chi connectivity index (χ2v) is 7.45. The van der Waals surface area contributed by atoms with Gasteiger partial charge in [-0.05, 0) is 36.1 Å². The third-order valence-electron chi connectivity index (χ3n) is 3.65. The lowest BCUT2D eigenvalue weighted by atomic mass is 10.2. The van der Waals surface area contributed by atoms with Crippen LogP contribution in [0.25, 0.3) is 0 Å². The number of amides is 1. The number of hydrogen-bond donors (Lipinski definition) is 1. The molecule has 0 aliphatic rings. The fourth-order valence-corrected chi connectivity index (χ4v) is 3.47. The van der Waals surface area contributed by atoms with Crippen LogP contribution in [-0.4, -0.2) is 21.9 Å². The number of hydrazone groups is 1. The Kier molecular flexibility index (Phi) is 6.08. The lowest BCUT2D eigenvalue weighted by Crippen LogP contribution is -2.19. The quantitative estimate of drug-likeness (QED) is 0.489. The molecule has 3 rings (SSSR count). The molecule has 0 aliphatic carbocycles. The number of hydrogen-bond acceptors (Lipinski definition) is 4. The van der Waals surface area contributed by atoms with Gasteiger partial charge in [0.25, 0.3) is 0 Å². The van der Waals surface area contributed by atoms with Crippen molar-refractivity contribution in [2.24, 2.45) is 5.10 Å². The Hall–Kier alpha value is -2.15. The monoisotopic (exact) mass is 406 g/mol. The van der Waals surface area contributed by atoms with Crippen LogP contribution >= 0.6 is 34.5 Å². The van der Waals surface area contributed by atoms with Crippen molar-refractivity contribution >= 4 is 46.7 Å². The second kappa shape index (κ2) is 8.49. The molecule has 0 fully saturated rings. The van der Waals surface area contributed by atoms with E-state index in [0.29, 0.717) is 28.7 Å². The molecule has 2 aromatic heterocycles. The number of carbonyl (C=O) groups excluding carboxylic acids is 1. The number of benzene rings is 1. The molecule has 1 N–H and O–H groups in total. The average Bonchev–Trinajstić information content (AvgIpc) is 3.20. The van der Waals surface area contributed by atoms with E-state index in [1.54, 1.807) is 4.68 Å². The zero-order valence-corrected chi connectivity index (χ0v) is 16.3. The molecule has 3 aromatic rings. The maximum atomic E-state index is 11.9. The van der Waals surface area contributed by atoms with Gasteiger partial charge in [-0.15, -0.1) is 11.3 Å². The zero-order valence-electron chi connectivity index (χ0n) is 13.9. The lowest BCUT2D eigenvalue weighted by molar-refractivity contribution is -0.120. The van der Waals surface area contributed by atoms with Gasteiger partial charge >= 0.3 is 0 Å². The molecule has 8 heteroatoms. The van der Waals surface area contributed by atoms with E-state index in [1.807, 2.05) is 48.7 Å². The van der Waals surface area contributed by atoms with Crippen molar-refractivity contribution < 1.29 is 4.79 Å². The number of aryl methyl sites for hydroxylation is 1. The van der Waals surface area contributed by atoms with E-state index >= 15 is 0 Å².